The van der Waals surface area contributed by atoms with Crippen molar-refractivity contribution >= 4 is 34.0 Å². The number of carbonyl (C=O) groups is 2. The van der Waals surface area contributed by atoms with Gasteiger partial charge in [-0.2, -0.15) is 5.10 Å². The summed E-state index contributed by atoms with van der Waals surface area (Å²) in [5.41, 5.74) is 2.79. The number of nitrogens with one attached hydrogen (secondary N) is 1. The van der Waals surface area contributed by atoms with E-state index in [2.05, 4.69) is 15.3 Å². The second-order valence-electron chi connectivity index (χ2n) is 8.05. The normalized spacial score (nSPS) is 12.5. The Morgan fingerprint density at radius 3 is 2.42 bits per heavy atom. The number of amides is 1. The van der Waals surface area contributed by atoms with E-state index in [-0.39, 0.29) is 34.4 Å². The Kier molecular flexibility index (Phi) is 8.69. The van der Waals surface area contributed by atoms with Crippen molar-refractivity contribution in [3.63, 3.8) is 0 Å². The first-order valence-corrected chi connectivity index (χ1v) is 13.1. The van der Waals surface area contributed by atoms with E-state index in [4.69, 9.17) is 18.9 Å². The highest BCUT2D eigenvalue weighted by molar-refractivity contribution is 7.92. The minimum atomic E-state index is -4.30. The Morgan fingerprint density at radius 2 is 1.73 bits per heavy atom. The highest BCUT2D eigenvalue weighted by atomic mass is 32.2. The standard InChI is InChI=1S/C26H24FN3O9S/c1-35-23-13-17(3-9-22(23)39-26(32)36-2)15-28-29-25(31)16-30(19-6-4-18(27)5-7-19)40(33,34)20-8-10-21-24(14-20)38-12-11-37-21/h3-10,13-15H,11-12,16H2,1-2H3,(H,29,31)/b28-15-. The summed E-state index contributed by atoms with van der Waals surface area (Å²) < 4.78 is 67.1. The van der Waals surface area contributed by atoms with E-state index in [1.165, 1.54) is 61.9 Å². The molecule has 0 saturated carbocycles. The van der Waals surface area contributed by atoms with Crippen LogP contribution in [-0.2, 0) is 19.6 Å². The maximum Gasteiger partial charge on any atom is 0.513 e. The van der Waals surface area contributed by atoms with Crippen molar-refractivity contribution in [1.82, 2.24) is 5.43 Å². The Bertz CT molecular complexity index is 1530. The number of methoxy groups -OCH3 is 2. The Hall–Kier alpha value is -4.85. The van der Waals surface area contributed by atoms with E-state index in [9.17, 15) is 22.4 Å². The van der Waals surface area contributed by atoms with Crippen LogP contribution in [0, 0.1) is 5.82 Å². The van der Waals surface area contributed by atoms with Gasteiger partial charge in [-0.15, -0.1) is 0 Å². The van der Waals surface area contributed by atoms with Gasteiger partial charge in [0.1, 0.15) is 25.6 Å². The number of nitrogens with zero attached hydrogens (tertiary/aromatic N) is 2. The van der Waals surface area contributed by atoms with Crippen LogP contribution in [0.1, 0.15) is 5.56 Å². The zero-order valence-corrected chi connectivity index (χ0v) is 22.1. The van der Waals surface area contributed by atoms with Crippen LogP contribution in [0.25, 0.3) is 0 Å². The zero-order valence-electron chi connectivity index (χ0n) is 21.3. The molecule has 4 rings (SSSR count). The van der Waals surface area contributed by atoms with Gasteiger partial charge in [-0.3, -0.25) is 9.10 Å². The third-order valence-corrected chi connectivity index (χ3v) is 7.22. The largest absolute Gasteiger partial charge is 0.513 e. The van der Waals surface area contributed by atoms with Crippen LogP contribution in [0.5, 0.6) is 23.0 Å². The molecule has 40 heavy (non-hydrogen) atoms. The number of ether oxygens (including phenoxy) is 5. The molecule has 1 heterocycles. The molecule has 0 atom stereocenters. The number of hydrogen-bond acceptors (Lipinski definition) is 10. The highest BCUT2D eigenvalue weighted by Crippen LogP contribution is 2.34. The lowest BCUT2D eigenvalue weighted by molar-refractivity contribution is -0.119. The van der Waals surface area contributed by atoms with E-state index >= 15 is 0 Å². The molecule has 0 fully saturated rings. The third kappa shape index (κ3) is 6.58. The van der Waals surface area contributed by atoms with Crippen molar-refractivity contribution in [1.29, 1.82) is 0 Å². The summed E-state index contributed by atoms with van der Waals surface area (Å²) in [6, 6.07) is 13.2. The molecule has 0 saturated heterocycles. The molecule has 12 nitrogen and oxygen atoms in total. The lowest BCUT2D eigenvalue weighted by Gasteiger charge is -2.25. The number of fused-ring (bicyclic) bond motifs is 1. The molecule has 0 aliphatic carbocycles. The number of benzene rings is 3. The van der Waals surface area contributed by atoms with E-state index in [1.54, 1.807) is 0 Å². The van der Waals surface area contributed by atoms with Crippen molar-refractivity contribution in [3.05, 3.63) is 72.0 Å². The summed E-state index contributed by atoms with van der Waals surface area (Å²) in [5.74, 6) is -0.401. The number of halogens is 1. The Morgan fingerprint density at radius 1 is 1.00 bits per heavy atom. The van der Waals surface area contributed by atoms with Crippen LogP contribution >= 0.6 is 0 Å². The van der Waals surface area contributed by atoms with Crippen LogP contribution < -0.4 is 28.7 Å². The summed E-state index contributed by atoms with van der Waals surface area (Å²) >= 11 is 0. The maximum absolute atomic E-state index is 13.6. The summed E-state index contributed by atoms with van der Waals surface area (Å²) in [6.07, 6.45) is 0.351. The predicted octanol–water partition coefficient (Wildman–Crippen LogP) is 3.10. The fourth-order valence-electron chi connectivity index (χ4n) is 3.56. The van der Waals surface area contributed by atoms with E-state index < -0.39 is 34.4 Å². The molecule has 1 N–H and O–H groups in total. The molecule has 0 spiro atoms. The summed E-state index contributed by atoms with van der Waals surface area (Å²) in [7, 11) is -1.77. The first-order valence-electron chi connectivity index (χ1n) is 11.6. The van der Waals surface area contributed by atoms with E-state index in [0.717, 1.165) is 23.5 Å². The summed E-state index contributed by atoms with van der Waals surface area (Å²) in [4.78, 5) is 24.0. The van der Waals surface area contributed by atoms with Crippen LogP contribution in [-0.4, -0.2) is 60.7 Å². The topological polar surface area (TPSA) is 142 Å². The average molecular weight is 574 g/mol. The van der Waals surface area contributed by atoms with Crippen LogP contribution in [0.3, 0.4) is 0 Å². The minimum Gasteiger partial charge on any atom is -0.493 e. The Balaban J connectivity index is 1.53. The fourth-order valence-corrected chi connectivity index (χ4v) is 5.00. The van der Waals surface area contributed by atoms with Gasteiger partial charge in [-0.05, 0) is 60.2 Å². The predicted molar refractivity (Wildman–Crippen MR) is 140 cm³/mol. The molecule has 0 unspecified atom stereocenters. The highest BCUT2D eigenvalue weighted by Gasteiger charge is 2.29. The molecule has 210 valence electrons. The molecule has 14 heteroatoms. The molecular weight excluding hydrogens is 549 g/mol. The van der Waals surface area contributed by atoms with Crippen LogP contribution in [0.15, 0.2) is 70.7 Å². The number of sulfonamides is 1. The van der Waals surface area contributed by atoms with E-state index in [0.29, 0.717) is 17.9 Å². The SMILES string of the molecule is COC(=O)Oc1ccc(/C=N\NC(=O)CN(c2ccc(F)cc2)S(=O)(=O)c2ccc3c(c2)OCCO3)cc1OC. The molecule has 3 aromatic carbocycles. The number of hydrogen-bond donors (Lipinski definition) is 1. The maximum atomic E-state index is 13.6. The molecule has 1 aliphatic rings. The second-order valence-corrected chi connectivity index (χ2v) is 9.92. The van der Waals surface area contributed by atoms with Crippen LogP contribution in [0.2, 0.25) is 0 Å². The first-order chi connectivity index (χ1) is 19.2. The number of carbonyl (C=O) groups excluding carboxylic acids is 2. The van der Waals surface area contributed by atoms with Gasteiger partial charge in [0, 0.05) is 6.07 Å². The number of anilines is 1. The van der Waals surface area contributed by atoms with Gasteiger partial charge in [-0.1, -0.05) is 0 Å². The number of hydrazone groups is 1. The van der Waals surface area contributed by atoms with Gasteiger partial charge in [0.15, 0.2) is 23.0 Å². The monoisotopic (exact) mass is 573 g/mol. The lowest BCUT2D eigenvalue weighted by atomic mass is 10.2. The molecule has 0 aromatic heterocycles. The zero-order chi connectivity index (χ0) is 28.7. The quantitative estimate of drug-likeness (QED) is 0.177. The van der Waals surface area contributed by atoms with Crippen LogP contribution in [0.4, 0.5) is 14.9 Å². The van der Waals surface area contributed by atoms with Gasteiger partial charge in [0.25, 0.3) is 15.9 Å². The number of rotatable bonds is 9. The van der Waals surface area contributed by atoms with Gasteiger partial charge < -0.3 is 23.7 Å². The van der Waals surface area contributed by atoms with E-state index in [1.807, 2.05) is 0 Å². The summed E-state index contributed by atoms with van der Waals surface area (Å²) in [6.45, 7) is -0.0832. The lowest BCUT2D eigenvalue weighted by Crippen LogP contribution is -2.39. The summed E-state index contributed by atoms with van der Waals surface area (Å²) in [5, 5.41) is 3.87. The molecule has 1 amide bonds. The molecule has 3 aromatic rings. The first kappa shape index (κ1) is 28.2. The van der Waals surface area contributed by atoms with Crippen molar-refractivity contribution < 1.29 is 46.1 Å². The third-order valence-electron chi connectivity index (χ3n) is 5.45. The molecular formula is C26H24FN3O9S. The molecule has 0 bridgehead atoms. The van der Waals surface area contributed by atoms with Crippen molar-refractivity contribution in [2.75, 3.05) is 38.3 Å². The van der Waals surface area contributed by atoms with Gasteiger partial charge in [0.05, 0.1) is 31.0 Å². The van der Waals surface area contributed by atoms with Gasteiger partial charge in [0.2, 0.25) is 0 Å². The molecule has 0 radical (unpaired) electrons. The second kappa shape index (κ2) is 12.3. The van der Waals surface area contributed by atoms with Gasteiger partial charge >= 0.3 is 6.16 Å². The van der Waals surface area contributed by atoms with Crippen molar-refractivity contribution in [3.8, 4) is 23.0 Å². The average Bonchev–Trinajstić information content (AvgIpc) is 2.96. The minimum absolute atomic E-state index is 0.0568. The Labute approximate surface area is 228 Å². The molecule has 1 aliphatic heterocycles. The van der Waals surface area contributed by atoms with Gasteiger partial charge in [-0.25, -0.2) is 23.0 Å². The van der Waals surface area contributed by atoms with Crippen molar-refractivity contribution in [2.24, 2.45) is 5.10 Å². The fraction of sp³-hybridized carbons (Fsp3) is 0.192. The smallest absolute Gasteiger partial charge is 0.493 e. The van der Waals surface area contributed by atoms with Crippen molar-refractivity contribution in [2.45, 2.75) is 4.90 Å².